The van der Waals surface area contributed by atoms with E-state index in [1.807, 2.05) is 0 Å². The number of hydrogen-bond acceptors (Lipinski definition) is 4. The Morgan fingerprint density at radius 3 is 3.00 bits per heavy atom. The van der Waals surface area contributed by atoms with Crippen molar-refractivity contribution in [2.45, 2.75) is 0 Å². The van der Waals surface area contributed by atoms with Crippen LogP contribution in [0.4, 0.5) is 0 Å². The summed E-state index contributed by atoms with van der Waals surface area (Å²) in [4.78, 5) is 10.0. The second-order valence-electron chi connectivity index (χ2n) is 1.69. The highest BCUT2D eigenvalue weighted by Gasteiger charge is 2.15. The number of nitrogens with zero attached hydrogens (tertiary/aromatic N) is 2. The van der Waals surface area contributed by atoms with Crippen LogP contribution < -0.4 is 0 Å². The van der Waals surface area contributed by atoms with E-state index >= 15 is 0 Å². The van der Waals surface area contributed by atoms with E-state index in [4.69, 9.17) is 4.74 Å². The van der Waals surface area contributed by atoms with Gasteiger partial charge in [0.05, 0.1) is 6.61 Å². The van der Waals surface area contributed by atoms with Crippen LogP contribution >= 0.6 is 12.8 Å². The minimum absolute atomic E-state index is 0.461. The Labute approximate surface area is 58.9 Å². The van der Waals surface area contributed by atoms with E-state index in [1.165, 1.54) is 4.41 Å². The monoisotopic (exact) mass is 148 g/mol. The second kappa shape index (κ2) is 3.05. The summed E-state index contributed by atoms with van der Waals surface area (Å²) in [7, 11) is 0. The number of thiol groups is 1. The molecule has 9 heavy (non-hydrogen) atoms. The largest absolute Gasteiger partial charge is 0.363 e. The van der Waals surface area contributed by atoms with Crippen molar-refractivity contribution in [1.29, 1.82) is 0 Å². The van der Waals surface area contributed by atoms with Crippen LogP contribution in [-0.4, -0.2) is 35.7 Å². The molecule has 52 valence electrons. The molecule has 0 unspecified atom stereocenters. The van der Waals surface area contributed by atoms with Gasteiger partial charge in [-0.3, -0.25) is 4.79 Å². The van der Waals surface area contributed by atoms with Crippen LogP contribution in [0.25, 0.3) is 0 Å². The van der Waals surface area contributed by atoms with Crippen LogP contribution in [0.5, 0.6) is 0 Å². The lowest BCUT2D eigenvalue weighted by Gasteiger charge is -2.18. The topological polar surface area (TPSA) is 32.8 Å². The van der Waals surface area contributed by atoms with Gasteiger partial charge in [0.2, 0.25) is 6.41 Å². The van der Waals surface area contributed by atoms with E-state index in [1.54, 1.807) is 5.01 Å². The first-order valence-electron chi connectivity index (χ1n) is 2.60. The summed E-state index contributed by atoms with van der Waals surface area (Å²) in [5.41, 5.74) is 0. The van der Waals surface area contributed by atoms with Crippen LogP contribution in [0.2, 0.25) is 0 Å². The standard InChI is InChI=1S/C4H8N2O2S/c7-3-6(9)5-1-2-8-4-5/h3,9H,1-2,4H2. The van der Waals surface area contributed by atoms with Gasteiger partial charge in [-0.25, -0.2) is 4.41 Å². The lowest BCUT2D eigenvalue weighted by molar-refractivity contribution is -0.123. The molecule has 0 spiro atoms. The van der Waals surface area contributed by atoms with Crippen LogP contribution in [0.1, 0.15) is 0 Å². The third-order valence-electron chi connectivity index (χ3n) is 1.12. The quantitative estimate of drug-likeness (QED) is 0.423. The smallest absolute Gasteiger partial charge is 0.234 e. The summed E-state index contributed by atoms with van der Waals surface area (Å²) < 4.78 is 6.14. The van der Waals surface area contributed by atoms with Crippen molar-refractivity contribution >= 4 is 19.2 Å². The number of hydrazine groups is 1. The maximum atomic E-state index is 10.0. The van der Waals surface area contributed by atoms with E-state index < -0.39 is 0 Å². The van der Waals surface area contributed by atoms with Gasteiger partial charge in [0, 0.05) is 6.54 Å². The van der Waals surface area contributed by atoms with Crippen LogP contribution in [0, 0.1) is 0 Å². The molecule has 4 nitrogen and oxygen atoms in total. The number of ether oxygens (including phenoxy) is 1. The van der Waals surface area contributed by atoms with E-state index in [2.05, 4.69) is 12.8 Å². The number of carbonyl (C=O) groups is 1. The van der Waals surface area contributed by atoms with E-state index in [9.17, 15) is 4.79 Å². The first-order chi connectivity index (χ1) is 4.34. The molecule has 1 aliphatic heterocycles. The van der Waals surface area contributed by atoms with E-state index in [-0.39, 0.29) is 0 Å². The molecule has 0 saturated carbocycles. The van der Waals surface area contributed by atoms with Gasteiger partial charge in [0.25, 0.3) is 0 Å². The molecule has 0 bridgehead atoms. The molecule has 0 aliphatic carbocycles. The molecule has 1 aliphatic rings. The lowest BCUT2D eigenvalue weighted by atomic mass is 10.7. The fourth-order valence-electron chi connectivity index (χ4n) is 0.633. The van der Waals surface area contributed by atoms with Gasteiger partial charge in [0.1, 0.15) is 6.73 Å². The summed E-state index contributed by atoms with van der Waals surface area (Å²) in [6, 6.07) is 0. The van der Waals surface area contributed by atoms with Crippen molar-refractivity contribution in [2.75, 3.05) is 19.9 Å². The Kier molecular flexibility index (Phi) is 2.32. The molecule has 1 amide bonds. The highest BCUT2D eigenvalue weighted by molar-refractivity contribution is 7.78. The minimum Gasteiger partial charge on any atom is -0.363 e. The zero-order valence-electron chi connectivity index (χ0n) is 4.86. The van der Waals surface area contributed by atoms with Gasteiger partial charge in [-0.1, -0.05) is 0 Å². The zero-order valence-corrected chi connectivity index (χ0v) is 5.75. The number of rotatable bonds is 2. The third kappa shape index (κ3) is 1.57. The molecule has 1 fully saturated rings. The van der Waals surface area contributed by atoms with Crippen molar-refractivity contribution in [2.24, 2.45) is 0 Å². The summed E-state index contributed by atoms with van der Waals surface area (Å²) in [5, 5.41) is 1.69. The number of amides is 1. The normalized spacial score (nSPS) is 20.1. The predicted molar refractivity (Wildman–Crippen MR) is 34.4 cm³/mol. The average Bonchev–Trinajstić information content (AvgIpc) is 2.37. The Hall–Kier alpha value is -0.260. The Bertz CT molecular complexity index is 105. The maximum Gasteiger partial charge on any atom is 0.234 e. The zero-order chi connectivity index (χ0) is 6.69. The minimum atomic E-state index is 0.461. The Balaban J connectivity index is 2.32. The Morgan fingerprint density at radius 2 is 2.56 bits per heavy atom. The van der Waals surface area contributed by atoms with Crippen molar-refractivity contribution in [1.82, 2.24) is 9.42 Å². The van der Waals surface area contributed by atoms with Gasteiger partial charge in [-0.15, -0.1) is 0 Å². The molecule has 1 heterocycles. The predicted octanol–water partition coefficient (Wildman–Crippen LogP) is -0.506. The molecule has 1 saturated heterocycles. The molecule has 5 heteroatoms. The van der Waals surface area contributed by atoms with Crippen molar-refractivity contribution in [3.05, 3.63) is 0 Å². The number of carbonyl (C=O) groups excluding carboxylic acids is 1. The molecule has 0 aromatic heterocycles. The molecule has 0 atom stereocenters. The molecule has 0 N–H and O–H groups in total. The summed E-state index contributed by atoms with van der Waals surface area (Å²) in [5.74, 6) is 0. The molecule has 0 aromatic rings. The molecular formula is C4H8N2O2S. The van der Waals surface area contributed by atoms with Gasteiger partial charge in [0.15, 0.2) is 0 Å². The van der Waals surface area contributed by atoms with Crippen molar-refractivity contribution < 1.29 is 9.53 Å². The van der Waals surface area contributed by atoms with Crippen LogP contribution in [0.3, 0.4) is 0 Å². The molecular weight excluding hydrogens is 140 g/mol. The SMILES string of the molecule is O=CN(S)N1CCOC1. The van der Waals surface area contributed by atoms with Crippen molar-refractivity contribution in [3.63, 3.8) is 0 Å². The van der Waals surface area contributed by atoms with Crippen molar-refractivity contribution in [3.8, 4) is 0 Å². The highest BCUT2D eigenvalue weighted by atomic mass is 32.1. The summed E-state index contributed by atoms with van der Waals surface area (Å²) >= 11 is 3.84. The molecule has 1 rings (SSSR count). The number of hydrogen-bond donors (Lipinski definition) is 1. The van der Waals surface area contributed by atoms with E-state index in [0.29, 0.717) is 19.7 Å². The van der Waals surface area contributed by atoms with Crippen LogP contribution in [0.15, 0.2) is 0 Å². The van der Waals surface area contributed by atoms with Gasteiger partial charge < -0.3 is 4.74 Å². The second-order valence-corrected chi connectivity index (χ2v) is 2.10. The van der Waals surface area contributed by atoms with Gasteiger partial charge in [-0.05, 0) is 12.8 Å². The van der Waals surface area contributed by atoms with Gasteiger partial charge in [-0.2, -0.15) is 5.01 Å². The third-order valence-corrected chi connectivity index (χ3v) is 1.47. The first kappa shape index (κ1) is 6.85. The fourth-order valence-corrected chi connectivity index (χ4v) is 0.774. The molecule has 0 radical (unpaired) electrons. The lowest BCUT2D eigenvalue weighted by Crippen LogP contribution is -2.32. The fraction of sp³-hybridized carbons (Fsp3) is 0.750. The summed E-state index contributed by atoms with van der Waals surface area (Å²) in [6.07, 6.45) is 0.637. The van der Waals surface area contributed by atoms with Crippen LogP contribution in [-0.2, 0) is 9.53 Å². The highest BCUT2D eigenvalue weighted by Crippen LogP contribution is 2.03. The summed E-state index contributed by atoms with van der Waals surface area (Å²) in [6.45, 7) is 1.87. The first-order valence-corrected chi connectivity index (χ1v) is 3.00. The average molecular weight is 148 g/mol. The maximum absolute atomic E-state index is 10.0. The Morgan fingerprint density at radius 1 is 1.78 bits per heavy atom. The van der Waals surface area contributed by atoms with E-state index in [0.717, 1.165) is 6.54 Å². The molecule has 0 aromatic carbocycles. The van der Waals surface area contributed by atoms with Gasteiger partial charge >= 0.3 is 0 Å².